The average Bonchev–Trinajstić information content (AvgIpc) is 2.57. The summed E-state index contributed by atoms with van der Waals surface area (Å²) in [6.45, 7) is 2.20. The molecule has 0 fully saturated rings. The maximum atomic E-state index is 12.6. The third-order valence-electron chi connectivity index (χ3n) is 3.56. The minimum Gasteiger partial charge on any atom is -0.384 e. The number of Topliss-reactive ketones (excluding diaryl/α,β-unsaturated/α-hetero) is 1. The molecule has 0 radical (unpaired) electrons. The Hall–Kier alpha value is -1.70. The van der Waals surface area contributed by atoms with Crippen LogP contribution >= 0.6 is 35.0 Å². The fraction of sp³-hybridized carbons (Fsp3) is 0.312. The molecule has 1 heterocycles. The smallest absolute Gasteiger partial charge is 0.332 e. The maximum Gasteiger partial charge on any atom is 0.332 e. The fourth-order valence-corrected chi connectivity index (χ4v) is 3.65. The molecule has 0 amide bonds. The van der Waals surface area contributed by atoms with Gasteiger partial charge in [0.05, 0.1) is 10.8 Å². The van der Waals surface area contributed by atoms with Crippen molar-refractivity contribution < 1.29 is 4.79 Å². The Labute approximate surface area is 158 Å². The molecule has 2 aromatic rings. The molecule has 9 heteroatoms. The lowest BCUT2D eigenvalue weighted by Gasteiger charge is -2.13. The van der Waals surface area contributed by atoms with Gasteiger partial charge in [0.2, 0.25) is 0 Å². The van der Waals surface area contributed by atoms with Crippen LogP contribution in [0.1, 0.15) is 23.7 Å². The number of aromatic nitrogens is 2. The standard InChI is InChI=1S/C16H17Cl2N3O3S/c1-3-6-21-14(19)13(15(23)20(2)16(21)24)11(22)8-25-12-7-9(17)4-5-10(12)18/h4-5,7H,3,6,8,19H2,1-2H3. The van der Waals surface area contributed by atoms with Gasteiger partial charge in [-0.25, -0.2) is 4.79 Å². The molecule has 2 rings (SSSR count). The largest absolute Gasteiger partial charge is 0.384 e. The van der Waals surface area contributed by atoms with E-state index in [1.165, 1.54) is 11.6 Å². The SMILES string of the molecule is CCCn1c(N)c(C(=O)CSc2cc(Cl)ccc2Cl)c(=O)n(C)c1=O. The van der Waals surface area contributed by atoms with Gasteiger partial charge >= 0.3 is 5.69 Å². The van der Waals surface area contributed by atoms with E-state index >= 15 is 0 Å². The predicted molar refractivity (Wildman–Crippen MR) is 102 cm³/mol. The molecule has 0 aliphatic rings. The van der Waals surface area contributed by atoms with Gasteiger partial charge in [-0.15, -0.1) is 11.8 Å². The molecule has 0 aliphatic heterocycles. The van der Waals surface area contributed by atoms with Gasteiger partial charge in [-0.05, 0) is 24.6 Å². The van der Waals surface area contributed by atoms with E-state index in [2.05, 4.69) is 0 Å². The van der Waals surface area contributed by atoms with Crippen molar-refractivity contribution in [3.05, 3.63) is 54.6 Å². The van der Waals surface area contributed by atoms with Crippen molar-refractivity contribution >= 4 is 46.6 Å². The summed E-state index contributed by atoms with van der Waals surface area (Å²) >= 11 is 13.2. The van der Waals surface area contributed by atoms with Crippen LogP contribution in [0.5, 0.6) is 0 Å². The molecule has 2 N–H and O–H groups in total. The van der Waals surface area contributed by atoms with Crippen molar-refractivity contribution in [1.82, 2.24) is 9.13 Å². The second kappa shape index (κ2) is 8.12. The minimum atomic E-state index is -0.697. The summed E-state index contributed by atoms with van der Waals surface area (Å²) in [6, 6.07) is 4.91. The molecule has 0 saturated carbocycles. The van der Waals surface area contributed by atoms with Crippen LogP contribution in [0.4, 0.5) is 5.82 Å². The molecule has 0 atom stereocenters. The number of anilines is 1. The topological polar surface area (TPSA) is 87.1 Å². The van der Waals surface area contributed by atoms with Crippen LogP contribution < -0.4 is 17.0 Å². The number of rotatable bonds is 6. The zero-order valence-corrected chi connectivity index (χ0v) is 16.0. The van der Waals surface area contributed by atoms with Crippen LogP contribution in [0.2, 0.25) is 10.0 Å². The zero-order valence-electron chi connectivity index (χ0n) is 13.7. The lowest BCUT2D eigenvalue weighted by Crippen LogP contribution is -2.42. The van der Waals surface area contributed by atoms with Crippen molar-refractivity contribution in [2.75, 3.05) is 11.5 Å². The Morgan fingerprint density at radius 3 is 2.60 bits per heavy atom. The van der Waals surface area contributed by atoms with Gasteiger partial charge in [0.25, 0.3) is 5.56 Å². The summed E-state index contributed by atoms with van der Waals surface area (Å²) in [7, 11) is 1.33. The van der Waals surface area contributed by atoms with Crippen molar-refractivity contribution in [3.63, 3.8) is 0 Å². The number of carbonyl (C=O) groups is 1. The first-order chi connectivity index (χ1) is 11.8. The van der Waals surface area contributed by atoms with Crippen LogP contribution in [0.3, 0.4) is 0 Å². The van der Waals surface area contributed by atoms with Gasteiger partial charge in [-0.1, -0.05) is 30.1 Å². The summed E-state index contributed by atoms with van der Waals surface area (Å²) in [5.74, 6) is -0.620. The molecule has 25 heavy (non-hydrogen) atoms. The van der Waals surface area contributed by atoms with Crippen molar-refractivity contribution in [3.8, 4) is 0 Å². The van der Waals surface area contributed by atoms with E-state index in [9.17, 15) is 14.4 Å². The Bertz CT molecular complexity index is 937. The lowest BCUT2D eigenvalue weighted by molar-refractivity contribution is 0.102. The highest BCUT2D eigenvalue weighted by Crippen LogP contribution is 2.30. The molecule has 0 bridgehead atoms. The molecule has 0 aliphatic carbocycles. The predicted octanol–water partition coefficient (Wildman–Crippen LogP) is 2.82. The van der Waals surface area contributed by atoms with Crippen molar-refractivity contribution in [2.24, 2.45) is 7.05 Å². The second-order valence-corrected chi connectivity index (χ2v) is 7.21. The quantitative estimate of drug-likeness (QED) is 0.593. The molecule has 0 unspecified atom stereocenters. The molecule has 1 aromatic heterocycles. The summed E-state index contributed by atoms with van der Waals surface area (Å²) < 4.78 is 2.14. The Balaban J connectivity index is 2.38. The van der Waals surface area contributed by atoms with E-state index in [1.807, 2.05) is 6.92 Å². The molecule has 6 nitrogen and oxygen atoms in total. The number of hydrogen-bond donors (Lipinski definition) is 1. The van der Waals surface area contributed by atoms with Gasteiger partial charge in [-0.3, -0.25) is 18.7 Å². The van der Waals surface area contributed by atoms with Crippen LogP contribution in [-0.4, -0.2) is 20.7 Å². The summed E-state index contributed by atoms with van der Waals surface area (Å²) in [4.78, 5) is 37.7. The highest BCUT2D eigenvalue weighted by molar-refractivity contribution is 8.00. The van der Waals surface area contributed by atoms with Crippen molar-refractivity contribution in [2.45, 2.75) is 24.8 Å². The molecule has 0 saturated heterocycles. The monoisotopic (exact) mass is 401 g/mol. The van der Waals surface area contributed by atoms with E-state index in [1.54, 1.807) is 18.2 Å². The van der Waals surface area contributed by atoms with Crippen molar-refractivity contribution in [1.29, 1.82) is 0 Å². The van der Waals surface area contributed by atoms with E-state index in [-0.39, 0.29) is 17.1 Å². The van der Waals surface area contributed by atoms with E-state index in [4.69, 9.17) is 28.9 Å². The summed E-state index contributed by atoms with van der Waals surface area (Å²) in [6.07, 6.45) is 0.642. The summed E-state index contributed by atoms with van der Waals surface area (Å²) in [5.41, 5.74) is 4.52. The maximum absolute atomic E-state index is 12.6. The van der Waals surface area contributed by atoms with Gasteiger partial charge in [0.15, 0.2) is 5.78 Å². The van der Waals surface area contributed by atoms with Crippen LogP contribution in [0.15, 0.2) is 32.7 Å². The third kappa shape index (κ3) is 4.11. The Morgan fingerprint density at radius 2 is 1.96 bits per heavy atom. The van der Waals surface area contributed by atoms with Gasteiger partial charge in [0, 0.05) is 23.5 Å². The van der Waals surface area contributed by atoms with E-state index in [0.717, 1.165) is 16.3 Å². The highest BCUT2D eigenvalue weighted by atomic mass is 35.5. The van der Waals surface area contributed by atoms with Crippen LogP contribution in [-0.2, 0) is 13.6 Å². The number of carbonyl (C=O) groups excluding carboxylic acids is 1. The van der Waals surface area contributed by atoms with E-state index < -0.39 is 17.0 Å². The molecule has 0 spiro atoms. The molecular formula is C16H17Cl2N3O3S. The number of ketones is 1. The van der Waals surface area contributed by atoms with Crippen LogP contribution in [0, 0.1) is 0 Å². The molecule has 1 aromatic carbocycles. The second-order valence-electron chi connectivity index (χ2n) is 5.35. The number of hydrogen-bond acceptors (Lipinski definition) is 5. The number of nitrogens with two attached hydrogens (primary N) is 1. The highest BCUT2D eigenvalue weighted by Gasteiger charge is 2.21. The number of nitrogens with zero attached hydrogens (tertiary/aromatic N) is 2. The zero-order chi connectivity index (χ0) is 18.7. The first kappa shape index (κ1) is 19.6. The van der Waals surface area contributed by atoms with Gasteiger partial charge < -0.3 is 5.73 Å². The first-order valence-electron chi connectivity index (χ1n) is 7.48. The average molecular weight is 402 g/mol. The Kier molecular flexibility index (Phi) is 6.37. The minimum absolute atomic E-state index is 0.0518. The first-order valence-corrected chi connectivity index (χ1v) is 9.22. The molecule has 134 valence electrons. The number of halogens is 2. The number of nitrogen functional groups attached to an aromatic ring is 1. The normalized spacial score (nSPS) is 10.9. The number of thioether (sulfide) groups is 1. The fourth-order valence-electron chi connectivity index (χ4n) is 2.29. The number of benzene rings is 1. The van der Waals surface area contributed by atoms with Gasteiger partial charge in [0.1, 0.15) is 11.4 Å². The van der Waals surface area contributed by atoms with E-state index in [0.29, 0.717) is 27.9 Å². The third-order valence-corrected chi connectivity index (χ3v) is 5.29. The van der Waals surface area contributed by atoms with Gasteiger partial charge in [-0.2, -0.15) is 0 Å². The van der Waals surface area contributed by atoms with Crippen LogP contribution in [0.25, 0.3) is 0 Å². The lowest BCUT2D eigenvalue weighted by atomic mass is 10.2. The summed E-state index contributed by atoms with van der Waals surface area (Å²) in [5, 5.41) is 0.949. The Morgan fingerprint density at radius 1 is 1.28 bits per heavy atom. The molecular weight excluding hydrogens is 385 g/mol.